The highest BCUT2D eigenvalue weighted by molar-refractivity contribution is 9.10. The molecule has 3 heteroatoms. The van der Waals surface area contributed by atoms with Crippen molar-refractivity contribution in [1.82, 2.24) is 0 Å². The molecule has 0 saturated carbocycles. The van der Waals surface area contributed by atoms with E-state index in [-0.39, 0.29) is 12.2 Å². The highest BCUT2D eigenvalue weighted by Crippen LogP contribution is 2.27. The van der Waals surface area contributed by atoms with Crippen LogP contribution in [0.5, 0.6) is 0 Å². The van der Waals surface area contributed by atoms with Gasteiger partial charge in [-0.1, -0.05) is 46.3 Å². The number of aliphatic hydroxyl groups excluding tert-OH is 1. The molecule has 0 radical (unpaired) electrons. The Kier molecular flexibility index (Phi) is 4.38. The standard InChI is InChI=1S/C16H16BrFO/c1-10-7-13(8-11(2)16(10)17)15(19)9-12-5-3-4-6-14(12)18/h3-8,15,19H,9H2,1-2H3. The van der Waals surface area contributed by atoms with Crippen LogP contribution < -0.4 is 0 Å². The third-order valence-corrected chi connectivity index (χ3v) is 4.47. The van der Waals surface area contributed by atoms with Crippen LogP contribution in [-0.4, -0.2) is 5.11 Å². The van der Waals surface area contributed by atoms with E-state index in [2.05, 4.69) is 15.9 Å². The molecular weight excluding hydrogens is 307 g/mol. The molecule has 2 rings (SSSR count). The van der Waals surface area contributed by atoms with Crippen LogP contribution in [0.3, 0.4) is 0 Å². The summed E-state index contributed by atoms with van der Waals surface area (Å²) in [7, 11) is 0. The molecule has 100 valence electrons. The maximum atomic E-state index is 13.6. The molecule has 0 fully saturated rings. The highest BCUT2D eigenvalue weighted by atomic mass is 79.9. The van der Waals surface area contributed by atoms with Crippen LogP contribution in [0.25, 0.3) is 0 Å². The van der Waals surface area contributed by atoms with Crippen LogP contribution in [0.4, 0.5) is 4.39 Å². The van der Waals surface area contributed by atoms with Gasteiger partial charge >= 0.3 is 0 Å². The summed E-state index contributed by atoms with van der Waals surface area (Å²) in [6.07, 6.45) is -0.407. The predicted molar refractivity (Wildman–Crippen MR) is 78.7 cm³/mol. The van der Waals surface area contributed by atoms with Gasteiger partial charge in [-0.25, -0.2) is 4.39 Å². The number of aryl methyl sites for hydroxylation is 2. The molecular formula is C16H16BrFO. The summed E-state index contributed by atoms with van der Waals surface area (Å²) < 4.78 is 14.6. The summed E-state index contributed by atoms with van der Waals surface area (Å²) in [6, 6.07) is 10.4. The van der Waals surface area contributed by atoms with Gasteiger partial charge in [-0.2, -0.15) is 0 Å². The first-order valence-corrected chi connectivity index (χ1v) is 6.96. The van der Waals surface area contributed by atoms with Crippen LogP contribution >= 0.6 is 15.9 Å². The first-order chi connectivity index (χ1) is 8.99. The number of rotatable bonds is 3. The van der Waals surface area contributed by atoms with Gasteiger partial charge in [0, 0.05) is 10.9 Å². The van der Waals surface area contributed by atoms with E-state index in [1.54, 1.807) is 18.2 Å². The van der Waals surface area contributed by atoms with Crippen molar-refractivity contribution >= 4 is 15.9 Å². The van der Waals surface area contributed by atoms with E-state index in [0.717, 1.165) is 21.2 Å². The van der Waals surface area contributed by atoms with Gasteiger partial charge < -0.3 is 5.11 Å². The van der Waals surface area contributed by atoms with Crippen molar-refractivity contribution in [2.75, 3.05) is 0 Å². The Hall–Kier alpha value is -1.19. The Bertz CT molecular complexity index is 572. The minimum absolute atomic E-state index is 0.271. The van der Waals surface area contributed by atoms with Crippen molar-refractivity contribution < 1.29 is 9.50 Å². The minimum atomic E-state index is -0.692. The molecule has 1 unspecified atom stereocenters. The van der Waals surface area contributed by atoms with Crippen LogP contribution in [0, 0.1) is 19.7 Å². The number of hydrogen-bond acceptors (Lipinski definition) is 1. The van der Waals surface area contributed by atoms with E-state index in [4.69, 9.17) is 0 Å². The summed E-state index contributed by atoms with van der Waals surface area (Å²) in [5.74, 6) is -0.271. The summed E-state index contributed by atoms with van der Waals surface area (Å²) in [4.78, 5) is 0. The highest BCUT2D eigenvalue weighted by Gasteiger charge is 2.13. The minimum Gasteiger partial charge on any atom is -0.388 e. The average molecular weight is 323 g/mol. The molecule has 1 N–H and O–H groups in total. The zero-order chi connectivity index (χ0) is 14.0. The largest absolute Gasteiger partial charge is 0.388 e. The Morgan fingerprint density at radius 1 is 1.16 bits per heavy atom. The first-order valence-electron chi connectivity index (χ1n) is 6.17. The Balaban J connectivity index is 2.26. The first kappa shape index (κ1) is 14.2. The molecule has 0 aliphatic heterocycles. The summed E-state index contributed by atoms with van der Waals surface area (Å²) >= 11 is 3.50. The molecule has 0 aromatic heterocycles. The summed E-state index contributed by atoms with van der Waals surface area (Å²) in [6.45, 7) is 3.97. The number of benzene rings is 2. The molecule has 0 heterocycles. The van der Waals surface area contributed by atoms with E-state index in [1.165, 1.54) is 6.07 Å². The van der Waals surface area contributed by atoms with Gasteiger partial charge in [0.05, 0.1) is 6.10 Å². The fraction of sp³-hybridized carbons (Fsp3) is 0.250. The molecule has 1 atom stereocenters. The van der Waals surface area contributed by atoms with E-state index < -0.39 is 6.10 Å². The van der Waals surface area contributed by atoms with E-state index in [9.17, 15) is 9.50 Å². The fourth-order valence-corrected chi connectivity index (χ4v) is 2.39. The van der Waals surface area contributed by atoms with E-state index in [0.29, 0.717) is 5.56 Å². The van der Waals surface area contributed by atoms with Crippen molar-refractivity contribution in [3.63, 3.8) is 0 Å². The third kappa shape index (κ3) is 3.23. The lowest BCUT2D eigenvalue weighted by molar-refractivity contribution is 0.177. The Morgan fingerprint density at radius 2 is 1.74 bits per heavy atom. The SMILES string of the molecule is Cc1cc(C(O)Cc2ccccc2F)cc(C)c1Br. The Labute approximate surface area is 121 Å². The lowest BCUT2D eigenvalue weighted by atomic mass is 9.98. The zero-order valence-electron chi connectivity index (χ0n) is 11.0. The van der Waals surface area contributed by atoms with Crippen molar-refractivity contribution in [2.24, 2.45) is 0 Å². The summed E-state index contributed by atoms with van der Waals surface area (Å²) in [5.41, 5.74) is 3.50. The smallest absolute Gasteiger partial charge is 0.126 e. The van der Waals surface area contributed by atoms with E-state index in [1.807, 2.05) is 26.0 Å². The quantitative estimate of drug-likeness (QED) is 0.883. The Morgan fingerprint density at radius 3 is 2.32 bits per heavy atom. The van der Waals surface area contributed by atoms with Crippen LogP contribution in [0.2, 0.25) is 0 Å². The van der Waals surface area contributed by atoms with E-state index >= 15 is 0 Å². The summed E-state index contributed by atoms with van der Waals surface area (Å²) in [5, 5.41) is 10.3. The van der Waals surface area contributed by atoms with Crippen molar-refractivity contribution in [3.8, 4) is 0 Å². The fourth-order valence-electron chi connectivity index (χ4n) is 2.16. The molecule has 2 aromatic carbocycles. The van der Waals surface area contributed by atoms with Crippen LogP contribution in [0.15, 0.2) is 40.9 Å². The molecule has 2 aromatic rings. The lowest BCUT2D eigenvalue weighted by Crippen LogP contribution is -2.04. The molecule has 19 heavy (non-hydrogen) atoms. The van der Waals surface area contributed by atoms with Gasteiger partial charge in [0.1, 0.15) is 5.82 Å². The number of hydrogen-bond donors (Lipinski definition) is 1. The maximum Gasteiger partial charge on any atom is 0.126 e. The van der Waals surface area contributed by atoms with Crippen LogP contribution in [0.1, 0.15) is 28.4 Å². The topological polar surface area (TPSA) is 20.2 Å². The number of halogens is 2. The third-order valence-electron chi connectivity index (χ3n) is 3.21. The monoisotopic (exact) mass is 322 g/mol. The molecule has 0 amide bonds. The van der Waals surface area contributed by atoms with Crippen molar-refractivity contribution in [3.05, 3.63) is 68.9 Å². The number of aliphatic hydroxyl groups is 1. The molecule has 0 spiro atoms. The van der Waals surface area contributed by atoms with Gasteiger partial charge in [0.15, 0.2) is 0 Å². The van der Waals surface area contributed by atoms with Gasteiger partial charge in [-0.3, -0.25) is 0 Å². The molecule has 1 nitrogen and oxygen atoms in total. The molecule has 0 aliphatic rings. The molecule has 0 aliphatic carbocycles. The normalized spacial score (nSPS) is 12.5. The van der Waals surface area contributed by atoms with Crippen molar-refractivity contribution in [1.29, 1.82) is 0 Å². The maximum absolute atomic E-state index is 13.6. The lowest BCUT2D eigenvalue weighted by Gasteiger charge is -2.14. The predicted octanol–water partition coefficient (Wildman–Crippen LogP) is 4.48. The molecule has 0 bridgehead atoms. The second kappa shape index (κ2) is 5.85. The van der Waals surface area contributed by atoms with Crippen molar-refractivity contribution in [2.45, 2.75) is 26.4 Å². The van der Waals surface area contributed by atoms with Gasteiger partial charge in [0.2, 0.25) is 0 Å². The molecule has 0 saturated heterocycles. The second-order valence-electron chi connectivity index (χ2n) is 4.78. The average Bonchev–Trinajstić information content (AvgIpc) is 2.38. The second-order valence-corrected chi connectivity index (χ2v) is 5.57. The zero-order valence-corrected chi connectivity index (χ0v) is 12.5. The van der Waals surface area contributed by atoms with Gasteiger partial charge in [0.25, 0.3) is 0 Å². The van der Waals surface area contributed by atoms with Gasteiger partial charge in [-0.05, 0) is 42.2 Å². The van der Waals surface area contributed by atoms with Crippen LogP contribution in [-0.2, 0) is 6.42 Å². The van der Waals surface area contributed by atoms with Gasteiger partial charge in [-0.15, -0.1) is 0 Å².